The van der Waals surface area contributed by atoms with Gasteiger partial charge < -0.3 is 20.3 Å². The SMILES string of the molecule is COc1ccc(C2(C#Cc3cnc(N)nc3)CCC(C(=O)O)CC2)cc1OC1CCCC1. The highest BCUT2D eigenvalue weighted by Crippen LogP contribution is 2.44. The van der Waals surface area contributed by atoms with E-state index in [2.05, 4.69) is 21.8 Å². The van der Waals surface area contributed by atoms with Crippen molar-refractivity contribution in [2.24, 2.45) is 5.92 Å². The van der Waals surface area contributed by atoms with Crippen molar-refractivity contribution in [2.75, 3.05) is 12.8 Å². The maximum absolute atomic E-state index is 11.5. The molecule has 0 bridgehead atoms. The minimum Gasteiger partial charge on any atom is -0.493 e. The van der Waals surface area contributed by atoms with E-state index in [9.17, 15) is 9.90 Å². The molecule has 2 aliphatic carbocycles. The number of carbonyl (C=O) groups is 1. The van der Waals surface area contributed by atoms with Crippen LogP contribution in [0, 0.1) is 17.8 Å². The van der Waals surface area contributed by atoms with Crippen LogP contribution in [0.15, 0.2) is 30.6 Å². The number of rotatable bonds is 5. The van der Waals surface area contributed by atoms with Gasteiger partial charge in [-0.25, -0.2) is 9.97 Å². The van der Waals surface area contributed by atoms with Crippen LogP contribution in [0.1, 0.15) is 62.5 Å². The minimum atomic E-state index is -0.738. The van der Waals surface area contributed by atoms with E-state index in [0.29, 0.717) is 37.0 Å². The van der Waals surface area contributed by atoms with Crippen molar-refractivity contribution >= 4 is 11.9 Å². The Kier molecular flexibility index (Phi) is 6.50. The summed E-state index contributed by atoms with van der Waals surface area (Å²) in [4.78, 5) is 19.6. The largest absolute Gasteiger partial charge is 0.493 e. The zero-order chi connectivity index (χ0) is 22.6. The highest BCUT2D eigenvalue weighted by atomic mass is 16.5. The van der Waals surface area contributed by atoms with Gasteiger partial charge in [-0.15, -0.1) is 0 Å². The predicted octanol–water partition coefficient (Wildman–Crippen LogP) is 3.95. The van der Waals surface area contributed by atoms with Gasteiger partial charge in [-0.2, -0.15) is 0 Å². The van der Waals surface area contributed by atoms with Crippen molar-refractivity contribution in [3.63, 3.8) is 0 Å². The summed E-state index contributed by atoms with van der Waals surface area (Å²) in [6.45, 7) is 0. The normalized spacial score (nSPS) is 23.2. The van der Waals surface area contributed by atoms with Crippen molar-refractivity contribution in [1.29, 1.82) is 0 Å². The number of aromatic nitrogens is 2. The fraction of sp³-hybridized carbons (Fsp3) is 0.480. The van der Waals surface area contributed by atoms with Crippen LogP contribution < -0.4 is 15.2 Å². The topological polar surface area (TPSA) is 108 Å². The first-order valence-corrected chi connectivity index (χ1v) is 11.2. The monoisotopic (exact) mass is 435 g/mol. The fourth-order valence-electron chi connectivity index (χ4n) is 4.69. The lowest BCUT2D eigenvalue weighted by Crippen LogP contribution is -2.33. The molecule has 1 aromatic carbocycles. The molecule has 168 valence electrons. The van der Waals surface area contributed by atoms with Crippen LogP contribution in [0.2, 0.25) is 0 Å². The van der Waals surface area contributed by atoms with Crippen LogP contribution in [-0.4, -0.2) is 34.3 Å². The molecule has 2 saturated carbocycles. The number of nitrogen functional groups attached to an aromatic ring is 1. The van der Waals surface area contributed by atoms with Crippen LogP contribution >= 0.6 is 0 Å². The minimum absolute atomic E-state index is 0.204. The van der Waals surface area contributed by atoms with Gasteiger partial charge in [-0.3, -0.25) is 4.79 Å². The molecule has 2 aromatic rings. The van der Waals surface area contributed by atoms with E-state index in [4.69, 9.17) is 15.2 Å². The van der Waals surface area contributed by atoms with Crippen molar-refractivity contribution in [1.82, 2.24) is 9.97 Å². The first-order valence-electron chi connectivity index (χ1n) is 11.2. The number of nitrogens with zero attached hydrogens (tertiary/aromatic N) is 2. The number of carboxylic acid groups (broad SMARTS) is 1. The molecule has 0 unspecified atom stereocenters. The maximum atomic E-state index is 11.5. The number of ether oxygens (including phenoxy) is 2. The highest BCUT2D eigenvalue weighted by molar-refractivity contribution is 5.70. The van der Waals surface area contributed by atoms with Crippen molar-refractivity contribution in [2.45, 2.75) is 62.9 Å². The van der Waals surface area contributed by atoms with E-state index in [1.807, 2.05) is 18.2 Å². The molecular weight excluding hydrogens is 406 g/mol. The van der Waals surface area contributed by atoms with Gasteiger partial charge in [0, 0.05) is 12.4 Å². The molecule has 0 saturated heterocycles. The number of methoxy groups -OCH3 is 1. The summed E-state index contributed by atoms with van der Waals surface area (Å²) in [6, 6.07) is 5.99. The summed E-state index contributed by atoms with van der Waals surface area (Å²) in [5.41, 5.74) is 6.81. The number of anilines is 1. The molecule has 1 heterocycles. The van der Waals surface area contributed by atoms with Gasteiger partial charge in [-0.05, 0) is 69.1 Å². The number of hydrogen-bond donors (Lipinski definition) is 2. The summed E-state index contributed by atoms with van der Waals surface area (Å²) in [5.74, 6) is 7.21. The van der Waals surface area contributed by atoms with Crippen molar-refractivity contribution in [3.05, 3.63) is 41.7 Å². The first-order chi connectivity index (χ1) is 15.5. The predicted molar refractivity (Wildman–Crippen MR) is 120 cm³/mol. The number of benzene rings is 1. The van der Waals surface area contributed by atoms with Gasteiger partial charge in [0.1, 0.15) is 0 Å². The zero-order valence-electron chi connectivity index (χ0n) is 18.3. The lowest BCUT2D eigenvalue weighted by molar-refractivity contribution is -0.143. The third-order valence-corrected chi connectivity index (χ3v) is 6.62. The molecule has 7 heteroatoms. The summed E-state index contributed by atoms with van der Waals surface area (Å²) in [7, 11) is 1.64. The third kappa shape index (κ3) is 4.80. The number of nitrogens with two attached hydrogens (primary N) is 1. The Bertz CT molecular complexity index is 1010. The van der Waals surface area contributed by atoms with Gasteiger partial charge >= 0.3 is 5.97 Å². The molecule has 3 N–H and O–H groups in total. The van der Waals surface area contributed by atoms with Gasteiger partial charge in [0.2, 0.25) is 5.95 Å². The van der Waals surface area contributed by atoms with Crippen LogP contribution in [0.4, 0.5) is 5.95 Å². The number of carboxylic acids is 1. The second-order valence-electron chi connectivity index (χ2n) is 8.66. The van der Waals surface area contributed by atoms with Gasteiger partial charge in [-0.1, -0.05) is 17.9 Å². The lowest BCUT2D eigenvalue weighted by Gasteiger charge is -2.36. The van der Waals surface area contributed by atoms with E-state index >= 15 is 0 Å². The second kappa shape index (κ2) is 9.47. The standard InChI is InChI=1S/C25H29N3O4/c1-31-21-7-6-19(14-22(21)32-20-4-2-3-5-20)25(12-9-18(10-13-25)23(29)30)11-8-17-15-27-24(26)28-16-17/h6-7,14-16,18,20H,2-5,9-10,12-13H2,1H3,(H,29,30)(H2,26,27,28). The first kappa shape index (κ1) is 21.9. The molecule has 7 nitrogen and oxygen atoms in total. The molecule has 2 fully saturated rings. The van der Waals surface area contributed by atoms with Crippen molar-refractivity contribution in [3.8, 4) is 23.3 Å². The van der Waals surface area contributed by atoms with E-state index in [0.717, 1.165) is 24.2 Å². The Labute approximate surface area is 188 Å². The van der Waals surface area contributed by atoms with Crippen LogP contribution in [0.3, 0.4) is 0 Å². The molecule has 0 aliphatic heterocycles. The van der Waals surface area contributed by atoms with E-state index in [1.165, 1.54) is 12.8 Å². The average Bonchev–Trinajstić information content (AvgIpc) is 3.32. The molecule has 0 radical (unpaired) electrons. The van der Waals surface area contributed by atoms with E-state index in [1.54, 1.807) is 19.5 Å². The van der Waals surface area contributed by atoms with E-state index in [-0.39, 0.29) is 18.0 Å². The molecule has 0 atom stereocenters. The Morgan fingerprint density at radius 2 is 1.81 bits per heavy atom. The van der Waals surface area contributed by atoms with Crippen molar-refractivity contribution < 1.29 is 19.4 Å². The molecular formula is C25H29N3O4. The Balaban J connectivity index is 1.69. The zero-order valence-corrected chi connectivity index (χ0v) is 18.3. The second-order valence-corrected chi connectivity index (χ2v) is 8.66. The molecule has 4 rings (SSSR count). The average molecular weight is 436 g/mol. The summed E-state index contributed by atoms with van der Waals surface area (Å²) >= 11 is 0. The molecule has 0 amide bonds. The summed E-state index contributed by atoms with van der Waals surface area (Å²) in [5, 5.41) is 9.48. The number of hydrogen-bond acceptors (Lipinski definition) is 6. The Morgan fingerprint density at radius 3 is 2.44 bits per heavy atom. The molecule has 2 aliphatic rings. The van der Waals surface area contributed by atoms with Gasteiger partial charge in [0.05, 0.1) is 30.1 Å². The lowest BCUT2D eigenvalue weighted by atomic mass is 9.67. The van der Waals surface area contributed by atoms with Crippen LogP contribution in [0.5, 0.6) is 11.5 Å². The van der Waals surface area contributed by atoms with Crippen LogP contribution in [-0.2, 0) is 10.2 Å². The smallest absolute Gasteiger partial charge is 0.306 e. The Morgan fingerprint density at radius 1 is 1.12 bits per heavy atom. The van der Waals surface area contributed by atoms with Gasteiger partial charge in [0.25, 0.3) is 0 Å². The molecule has 32 heavy (non-hydrogen) atoms. The molecule has 1 aromatic heterocycles. The quantitative estimate of drug-likeness (QED) is 0.685. The van der Waals surface area contributed by atoms with Crippen LogP contribution in [0.25, 0.3) is 0 Å². The molecule has 0 spiro atoms. The van der Waals surface area contributed by atoms with Gasteiger partial charge in [0.15, 0.2) is 11.5 Å². The van der Waals surface area contributed by atoms with E-state index < -0.39 is 11.4 Å². The Hall–Kier alpha value is -3.27. The maximum Gasteiger partial charge on any atom is 0.306 e. The third-order valence-electron chi connectivity index (χ3n) is 6.62. The summed E-state index contributed by atoms with van der Waals surface area (Å²) < 4.78 is 11.9. The fourth-order valence-corrected chi connectivity index (χ4v) is 4.69. The number of aliphatic carboxylic acids is 1. The highest BCUT2D eigenvalue weighted by Gasteiger charge is 2.38. The summed E-state index contributed by atoms with van der Waals surface area (Å²) in [6.07, 6.45) is 10.3.